The van der Waals surface area contributed by atoms with Crippen molar-refractivity contribution in [2.24, 2.45) is 5.92 Å². The number of carbonyl (C=O) groups excluding carboxylic acids is 1. The van der Waals surface area contributed by atoms with Crippen LogP contribution in [-0.2, 0) is 22.8 Å². The number of aryl methyl sites for hydroxylation is 1. The molecule has 0 N–H and O–H groups in total. The number of halogens is 2. The average molecular weight is 730 g/mol. The molecule has 1 aliphatic carbocycles. The summed E-state index contributed by atoms with van der Waals surface area (Å²) in [5, 5.41) is 3.30. The van der Waals surface area contributed by atoms with Crippen molar-refractivity contribution in [1.82, 2.24) is 19.4 Å². The van der Waals surface area contributed by atoms with E-state index < -0.39 is 0 Å². The minimum absolute atomic E-state index is 0.0407. The van der Waals surface area contributed by atoms with Crippen LogP contribution in [0, 0.1) is 5.92 Å². The van der Waals surface area contributed by atoms with E-state index in [2.05, 4.69) is 54.6 Å². The maximum Gasteiger partial charge on any atom is 0.259 e. The Morgan fingerprint density at radius 3 is 2.30 bits per heavy atom. The third kappa shape index (κ3) is 10.4. The molecule has 0 unspecified atom stereocenters. The van der Waals surface area contributed by atoms with Crippen LogP contribution in [0.15, 0.2) is 53.0 Å². The van der Waals surface area contributed by atoms with E-state index in [1.54, 1.807) is 7.05 Å². The van der Waals surface area contributed by atoms with Crippen molar-refractivity contribution < 1.29 is 14.4 Å². The number of aromatic nitrogens is 1. The van der Waals surface area contributed by atoms with Gasteiger partial charge in [-0.25, -0.2) is 5.06 Å². The monoisotopic (exact) mass is 728 g/mol. The minimum Gasteiger partial charge on any atom is -0.487 e. The number of likely N-dealkylation sites (N-methyl/N-ethyl adjacent to an activating group) is 1. The number of hydroxylamine groups is 2. The lowest BCUT2D eigenvalue weighted by Crippen LogP contribution is -2.48. The smallest absolute Gasteiger partial charge is 0.259 e. The first-order valence-corrected chi connectivity index (χ1v) is 19.0. The molecule has 6 rings (SSSR count). The molecule has 3 heterocycles. The highest BCUT2D eigenvalue weighted by atomic mass is 79.9. The maximum atomic E-state index is 11.8. The molecule has 1 amide bonds. The second-order valence-corrected chi connectivity index (χ2v) is 14.7. The van der Waals surface area contributed by atoms with Crippen LogP contribution < -0.4 is 4.74 Å². The number of piperidine rings is 2. The zero-order valence-electron chi connectivity index (χ0n) is 28.5. The third-order valence-corrected chi connectivity index (χ3v) is 11.5. The Hall–Kier alpha value is -2.10. The van der Waals surface area contributed by atoms with E-state index in [4.69, 9.17) is 21.2 Å². The lowest BCUT2D eigenvalue weighted by Gasteiger charge is -2.40. The number of para-hydroxylation sites is 1. The SMILES string of the molecule is CON(C)C(=O)CN1CCC(N2CCCCC2)CC1.Clc1ccc(OCc2c(Br)c3ccccc3n2CCCC2CCCCC2)cc1. The van der Waals surface area contributed by atoms with Gasteiger partial charge in [0.1, 0.15) is 12.4 Å². The third-order valence-electron chi connectivity index (χ3n) is 10.4. The highest BCUT2D eigenvalue weighted by molar-refractivity contribution is 9.10. The highest BCUT2D eigenvalue weighted by Gasteiger charge is 2.27. The molecule has 1 saturated carbocycles. The molecule has 0 bridgehead atoms. The van der Waals surface area contributed by atoms with Crippen LogP contribution >= 0.6 is 27.5 Å². The topological polar surface area (TPSA) is 50.2 Å². The van der Waals surface area contributed by atoms with Crippen molar-refractivity contribution in [3.63, 3.8) is 0 Å². The average Bonchev–Trinajstić information content (AvgIpc) is 3.39. The molecule has 258 valence electrons. The van der Waals surface area contributed by atoms with E-state index in [9.17, 15) is 4.79 Å². The van der Waals surface area contributed by atoms with Crippen molar-refractivity contribution in [2.75, 3.05) is 46.9 Å². The first-order valence-electron chi connectivity index (χ1n) is 17.8. The number of benzene rings is 2. The molecule has 3 fully saturated rings. The molecule has 7 nitrogen and oxygen atoms in total. The lowest BCUT2D eigenvalue weighted by atomic mass is 9.86. The van der Waals surface area contributed by atoms with Crippen LogP contribution in [0.5, 0.6) is 5.75 Å². The summed E-state index contributed by atoms with van der Waals surface area (Å²) in [5.74, 6) is 1.81. The number of amides is 1. The second kappa shape index (κ2) is 18.6. The Balaban J connectivity index is 0.000000199. The number of rotatable bonds is 11. The van der Waals surface area contributed by atoms with Gasteiger partial charge in [-0.2, -0.15) is 0 Å². The van der Waals surface area contributed by atoms with Gasteiger partial charge in [0.25, 0.3) is 5.91 Å². The molecule has 0 radical (unpaired) electrons. The fourth-order valence-corrected chi connectivity index (χ4v) is 8.32. The predicted molar refractivity (Wildman–Crippen MR) is 196 cm³/mol. The second-order valence-electron chi connectivity index (χ2n) is 13.5. The molecule has 2 aliphatic heterocycles. The van der Waals surface area contributed by atoms with Gasteiger partial charge in [-0.05, 0) is 104 Å². The molecule has 3 aromatic rings. The van der Waals surface area contributed by atoms with Gasteiger partial charge < -0.3 is 14.2 Å². The number of fused-ring (bicyclic) bond motifs is 1. The maximum absolute atomic E-state index is 11.8. The van der Waals surface area contributed by atoms with E-state index in [1.165, 1.54) is 119 Å². The zero-order chi connectivity index (χ0) is 33.0. The molecule has 0 spiro atoms. The summed E-state index contributed by atoms with van der Waals surface area (Å²) in [6.45, 7) is 6.68. The molecule has 2 saturated heterocycles. The predicted octanol–water partition coefficient (Wildman–Crippen LogP) is 8.95. The summed E-state index contributed by atoms with van der Waals surface area (Å²) in [5.41, 5.74) is 2.49. The molecule has 47 heavy (non-hydrogen) atoms. The Morgan fingerprint density at radius 2 is 1.60 bits per heavy atom. The van der Waals surface area contributed by atoms with Crippen molar-refractivity contribution >= 4 is 44.3 Å². The summed E-state index contributed by atoms with van der Waals surface area (Å²) in [7, 11) is 3.20. The van der Waals surface area contributed by atoms with Crippen LogP contribution in [0.1, 0.15) is 82.7 Å². The lowest BCUT2D eigenvalue weighted by molar-refractivity contribution is -0.170. The number of hydrogen-bond acceptors (Lipinski definition) is 5. The Labute approximate surface area is 295 Å². The standard InChI is InChI=1S/C24H27BrClNO.C14H27N3O2/c25-24-21-10-4-5-11-22(21)27(16-6-9-18-7-2-1-3-8-18)23(24)17-28-20-14-12-19(26)13-15-20;1-15(19-2)14(18)12-16-10-6-13(7-11-16)17-8-4-3-5-9-17/h4-5,10-15,18H,1-3,6-9,16-17H2;13H,3-12H2,1-2H3. The van der Waals surface area contributed by atoms with Gasteiger partial charge in [-0.15, -0.1) is 0 Å². The van der Waals surface area contributed by atoms with Crippen LogP contribution in [0.4, 0.5) is 0 Å². The first-order chi connectivity index (χ1) is 22.9. The van der Waals surface area contributed by atoms with Gasteiger partial charge >= 0.3 is 0 Å². The van der Waals surface area contributed by atoms with E-state index in [-0.39, 0.29) is 5.91 Å². The van der Waals surface area contributed by atoms with Crippen LogP contribution in [0.3, 0.4) is 0 Å². The minimum atomic E-state index is 0.0407. The van der Waals surface area contributed by atoms with Gasteiger partial charge in [0.2, 0.25) is 0 Å². The fraction of sp³-hybridized carbons (Fsp3) is 0.605. The first kappa shape index (κ1) is 36.2. The van der Waals surface area contributed by atoms with E-state index in [0.717, 1.165) is 46.8 Å². The van der Waals surface area contributed by atoms with Gasteiger partial charge in [0.15, 0.2) is 0 Å². The van der Waals surface area contributed by atoms with Crippen LogP contribution in [0.2, 0.25) is 5.02 Å². The zero-order valence-corrected chi connectivity index (χ0v) is 30.8. The quantitative estimate of drug-likeness (QED) is 0.185. The largest absolute Gasteiger partial charge is 0.487 e. The van der Waals surface area contributed by atoms with Gasteiger partial charge in [-0.3, -0.25) is 14.5 Å². The number of likely N-dealkylation sites (tertiary alicyclic amines) is 2. The Morgan fingerprint density at radius 1 is 0.915 bits per heavy atom. The van der Waals surface area contributed by atoms with Crippen molar-refractivity contribution in [3.05, 3.63) is 63.7 Å². The van der Waals surface area contributed by atoms with Crippen LogP contribution in [-0.4, -0.2) is 78.3 Å². The number of hydrogen-bond donors (Lipinski definition) is 0. The van der Waals surface area contributed by atoms with E-state index >= 15 is 0 Å². The summed E-state index contributed by atoms with van der Waals surface area (Å²) in [4.78, 5) is 21.6. The summed E-state index contributed by atoms with van der Waals surface area (Å²) < 4.78 is 9.68. The molecule has 2 aromatic carbocycles. The number of nitrogens with zero attached hydrogens (tertiary/aromatic N) is 4. The molecular weight excluding hydrogens is 676 g/mol. The van der Waals surface area contributed by atoms with E-state index in [1.807, 2.05) is 24.3 Å². The van der Waals surface area contributed by atoms with Gasteiger partial charge in [0, 0.05) is 53.1 Å². The molecule has 3 aliphatic rings. The fourth-order valence-electron chi connectivity index (χ4n) is 7.53. The summed E-state index contributed by atoms with van der Waals surface area (Å²) in [6, 6.07) is 16.9. The molecule has 0 atom stereocenters. The van der Waals surface area contributed by atoms with E-state index in [0.29, 0.717) is 13.2 Å². The number of carbonyl (C=O) groups is 1. The number of ether oxygens (including phenoxy) is 1. The highest BCUT2D eigenvalue weighted by Crippen LogP contribution is 2.34. The molecular formula is C38H54BrClN4O3. The summed E-state index contributed by atoms with van der Waals surface area (Å²) >= 11 is 9.82. The van der Waals surface area contributed by atoms with Crippen molar-refractivity contribution in [2.45, 2.75) is 96.2 Å². The van der Waals surface area contributed by atoms with Gasteiger partial charge in [0.05, 0.1) is 19.3 Å². The van der Waals surface area contributed by atoms with Crippen molar-refractivity contribution in [1.29, 1.82) is 0 Å². The normalized spacial score (nSPS) is 18.6. The Kier molecular flexibility index (Phi) is 14.3. The molecule has 9 heteroatoms. The van der Waals surface area contributed by atoms with Crippen LogP contribution in [0.25, 0.3) is 10.9 Å². The van der Waals surface area contributed by atoms with Gasteiger partial charge in [-0.1, -0.05) is 68.3 Å². The molecule has 1 aromatic heterocycles. The van der Waals surface area contributed by atoms with Crippen molar-refractivity contribution in [3.8, 4) is 5.75 Å². The Bertz CT molecular complexity index is 1380. The summed E-state index contributed by atoms with van der Waals surface area (Å²) in [6.07, 6.45) is 16.2.